The molecule has 3 aromatic rings. The molecule has 2 heterocycles. The maximum atomic E-state index is 13.2. The van der Waals surface area contributed by atoms with Crippen LogP contribution in [-0.4, -0.2) is 11.8 Å². The molecule has 0 bridgehead atoms. The van der Waals surface area contributed by atoms with E-state index in [1.54, 1.807) is 36.4 Å². The summed E-state index contributed by atoms with van der Waals surface area (Å²) in [5, 5.41) is 7.08. The van der Waals surface area contributed by atoms with E-state index in [1.807, 2.05) is 0 Å². The third-order valence-electron chi connectivity index (χ3n) is 4.77. The van der Waals surface area contributed by atoms with E-state index >= 15 is 0 Å². The van der Waals surface area contributed by atoms with Crippen molar-refractivity contribution in [2.75, 3.05) is 10.6 Å². The first-order valence-corrected chi connectivity index (χ1v) is 11.7. The van der Waals surface area contributed by atoms with Crippen LogP contribution in [0.4, 0.5) is 10.7 Å². The second-order valence-electron chi connectivity index (χ2n) is 6.79. The minimum Gasteiger partial charge on any atom is -0.322 e. The molecule has 1 aliphatic carbocycles. The van der Waals surface area contributed by atoms with Gasteiger partial charge in [0.15, 0.2) is 0 Å². The van der Waals surface area contributed by atoms with Gasteiger partial charge in [-0.2, -0.15) is 0 Å². The molecule has 0 atom stereocenters. The molecular weight excluding hydrogens is 447 g/mol. The first-order chi connectivity index (χ1) is 14.0. The predicted molar refractivity (Wildman–Crippen MR) is 122 cm³/mol. The van der Waals surface area contributed by atoms with Crippen molar-refractivity contribution in [3.8, 4) is 0 Å². The average molecular weight is 465 g/mol. The SMILES string of the molecule is O=C(Nc1sc2c(c1C(=O)Nc1ccc(Cl)cc1)CCCCC2)c1ccc(Cl)s1. The molecule has 2 aromatic heterocycles. The number of thiophene rings is 2. The fourth-order valence-electron chi connectivity index (χ4n) is 3.40. The van der Waals surface area contributed by atoms with Crippen LogP contribution in [0.15, 0.2) is 36.4 Å². The average Bonchev–Trinajstić information content (AvgIpc) is 3.20. The Morgan fingerprint density at radius 3 is 2.31 bits per heavy atom. The summed E-state index contributed by atoms with van der Waals surface area (Å²) in [5.41, 5.74) is 2.28. The third-order valence-corrected chi connectivity index (χ3v) is 7.46. The highest BCUT2D eigenvalue weighted by molar-refractivity contribution is 7.18. The Morgan fingerprint density at radius 1 is 0.828 bits per heavy atom. The lowest BCUT2D eigenvalue weighted by atomic mass is 10.0. The molecule has 0 saturated carbocycles. The van der Waals surface area contributed by atoms with Crippen molar-refractivity contribution in [3.63, 3.8) is 0 Å². The fourth-order valence-corrected chi connectivity index (χ4v) is 5.74. The third kappa shape index (κ3) is 4.67. The minimum atomic E-state index is -0.251. The molecule has 4 rings (SSSR count). The maximum absolute atomic E-state index is 13.2. The molecule has 0 aliphatic heterocycles. The molecule has 0 spiro atoms. The molecule has 1 aromatic carbocycles. The van der Waals surface area contributed by atoms with Crippen LogP contribution in [0.3, 0.4) is 0 Å². The molecular formula is C21H18Cl2N2O2S2. The monoisotopic (exact) mass is 464 g/mol. The number of hydrogen-bond donors (Lipinski definition) is 2. The molecule has 4 nitrogen and oxygen atoms in total. The van der Waals surface area contributed by atoms with Crippen LogP contribution in [0.2, 0.25) is 9.36 Å². The Kier molecular flexibility index (Phi) is 6.25. The summed E-state index contributed by atoms with van der Waals surface area (Å²) in [5.74, 6) is -0.468. The zero-order valence-corrected chi connectivity index (χ0v) is 18.5. The van der Waals surface area contributed by atoms with Gasteiger partial charge >= 0.3 is 0 Å². The topological polar surface area (TPSA) is 58.2 Å². The summed E-state index contributed by atoms with van der Waals surface area (Å²) >= 11 is 14.6. The molecule has 29 heavy (non-hydrogen) atoms. The Labute approximate surface area is 186 Å². The predicted octanol–water partition coefficient (Wildman–Crippen LogP) is 6.89. The number of fused-ring (bicyclic) bond motifs is 1. The standard InChI is InChI=1S/C21H18Cl2N2O2S2/c22-12-6-8-13(9-7-12)24-20(27)18-14-4-2-1-3-5-15(14)29-21(18)25-19(26)16-10-11-17(23)28-16/h6-11H,1-5H2,(H,24,27)(H,25,26). The van der Waals surface area contributed by atoms with Crippen LogP contribution >= 0.6 is 45.9 Å². The van der Waals surface area contributed by atoms with Gasteiger partial charge in [0.05, 0.1) is 14.8 Å². The van der Waals surface area contributed by atoms with Crippen molar-refractivity contribution >= 4 is 68.4 Å². The second kappa shape index (κ2) is 8.88. The smallest absolute Gasteiger partial charge is 0.266 e. The van der Waals surface area contributed by atoms with Crippen molar-refractivity contribution in [1.82, 2.24) is 0 Å². The first kappa shape index (κ1) is 20.4. The number of halogens is 2. The number of anilines is 2. The summed E-state index contributed by atoms with van der Waals surface area (Å²) in [6.07, 6.45) is 5.06. The highest BCUT2D eigenvalue weighted by Gasteiger charge is 2.26. The van der Waals surface area contributed by atoms with Gasteiger partial charge in [-0.15, -0.1) is 22.7 Å². The molecule has 2 amide bonds. The number of rotatable bonds is 4. The number of nitrogens with one attached hydrogen (secondary N) is 2. The Bertz CT molecular complexity index is 1060. The summed E-state index contributed by atoms with van der Waals surface area (Å²) in [6.45, 7) is 0. The Hall–Kier alpha value is -1.86. The molecule has 1 aliphatic rings. The number of carbonyl (C=O) groups excluding carboxylic acids is 2. The molecule has 0 radical (unpaired) electrons. The maximum Gasteiger partial charge on any atom is 0.266 e. The Morgan fingerprint density at radius 2 is 1.59 bits per heavy atom. The number of benzene rings is 1. The van der Waals surface area contributed by atoms with Gasteiger partial charge in [-0.25, -0.2) is 0 Å². The zero-order valence-electron chi connectivity index (χ0n) is 15.4. The minimum absolute atomic E-state index is 0.216. The number of aryl methyl sites for hydroxylation is 1. The van der Waals surface area contributed by atoms with Crippen molar-refractivity contribution in [2.24, 2.45) is 0 Å². The van der Waals surface area contributed by atoms with Gasteiger partial charge in [0, 0.05) is 15.6 Å². The molecule has 0 unspecified atom stereocenters. The van der Waals surface area contributed by atoms with Crippen molar-refractivity contribution in [3.05, 3.63) is 66.6 Å². The summed E-state index contributed by atoms with van der Waals surface area (Å²) < 4.78 is 0.554. The lowest BCUT2D eigenvalue weighted by Gasteiger charge is -2.10. The number of carbonyl (C=O) groups is 2. The van der Waals surface area contributed by atoms with Crippen LogP contribution in [0, 0.1) is 0 Å². The highest BCUT2D eigenvalue weighted by Crippen LogP contribution is 2.38. The van der Waals surface area contributed by atoms with Crippen molar-refractivity contribution < 1.29 is 9.59 Å². The van der Waals surface area contributed by atoms with E-state index < -0.39 is 0 Å². The van der Waals surface area contributed by atoms with Gasteiger partial charge in [-0.1, -0.05) is 29.6 Å². The van der Waals surface area contributed by atoms with E-state index in [0.717, 1.165) is 37.7 Å². The van der Waals surface area contributed by atoms with E-state index in [1.165, 1.54) is 27.6 Å². The van der Waals surface area contributed by atoms with Gasteiger partial charge in [0.25, 0.3) is 11.8 Å². The molecule has 150 valence electrons. The number of amides is 2. The quantitative estimate of drug-likeness (QED) is 0.412. The van der Waals surface area contributed by atoms with E-state index in [9.17, 15) is 9.59 Å². The summed E-state index contributed by atoms with van der Waals surface area (Å²) in [4.78, 5) is 27.6. The molecule has 0 fully saturated rings. The highest BCUT2D eigenvalue weighted by atomic mass is 35.5. The van der Waals surface area contributed by atoms with Crippen LogP contribution < -0.4 is 10.6 Å². The summed E-state index contributed by atoms with van der Waals surface area (Å²) in [6, 6.07) is 10.4. The van der Waals surface area contributed by atoms with E-state index in [4.69, 9.17) is 23.2 Å². The van der Waals surface area contributed by atoms with Gasteiger partial charge in [0.1, 0.15) is 5.00 Å². The number of hydrogen-bond acceptors (Lipinski definition) is 4. The lowest BCUT2D eigenvalue weighted by molar-refractivity contribution is 0.102. The van der Waals surface area contributed by atoms with Crippen LogP contribution in [-0.2, 0) is 12.8 Å². The van der Waals surface area contributed by atoms with Gasteiger partial charge in [-0.05, 0) is 67.6 Å². The van der Waals surface area contributed by atoms with Crippen molar-refractivity contribution in [2.45, 2.75) is 32.1 Å². The second-order valence-corrected chi connectivity index (χ2v) is 10.0. The fraction of sp³-hybridized carbons (Fsp3) is 0.238. The summed E-state index contributed by atoms with van der Waals surface area (Å²) in [7, 11) is 0. The molecule has 2 N–H and O–H groups in total. The normalized spacial score (nSPS) is 13.4. The first-order valence-electron chi connectivity index (χ1n) is 9.29. The molecule has 8 heteroatoms. The van der Waals surface area contributed by atoms with Gasteiger partial charge < -0.3 is 10.6 Å². The zero-order chi connectivity index (χ0) is 20.4. The van der Waals surface area contributed by atoms with Crippen LogP contribution in [0.25, 0.3) is 0 Å². The van der Waals surface area contributed by atoms with E-state index in [-0.39, 0.29) is 11.8 Å². The van der Waals surface area contributed by atoms with E-state index in [0.29, 0.717) is 30.5 Å². The van der Waals surface area contributed by atoms with Crippen molar-refractivity contribution in [1.29, 1.82) is 0 Å². The van der Waals surface area contributed by atoms with E-state index in [2.05, 4.69) is 10.6 Å². The van der Waals surface area contributed by atoms with Gasteiger partial charge in [-0.3, -0.25) is 9.59 Å². The Balaban J connectivity index is 1.66. The van der Waals surface area contributed by atoms with Crippen LogP contribution in [0.5, 0.6) is 0 Å². The largest absolute Gasteiger partial charge is 0.322 e. The molecule has 0 saturated heterocycles. The van der Waals surface area contributed by atoms with Gasteiger partial charge in [0.2, 0.25) is 0 Å². The lowest BCUT2D eigenvalue weighted by Crippen LogP contribution is -2.17. The van der Waals surface area contributed by atoms with Crippen LogP contribution in [0.1, 0.15) is 49.7 Å².